The van der Waals surface area contributed by atoms with Gasteiger partial charge in [0.25, 0.3) is 8.32 Å². The zero-order valence-corrected chi connectivity index (χ0v) is 22.4. The van der Waals surface area contributed by atoms with E-state index in [0.717, 1.165) is 37.3 Å². The van der Waals surface area contributed by atoms with Crippen molar-refractivity contribution >= 4 is 24.6 Å². The second kappa shape index (κ2) is 10.5. The van der Waals surface area contributed by atoms with Crippen LogP contribution < -0.4 is 16.1 Å². The number of carbonyl (C=O) groups excluding carboxylic acids is 1. The van der Waals surface area contributed by atoms with Crippen LogP contribution in [0.25, 0.3) is 0 Å². The van der Waals surface area contributed by atoms with Gasteiger partial charge in [-0.2, -0.15) is 0 Å². The number of aromatic nitrogens is 3. The fourth-order valence-electron chi connectivity index (χ4n) is 5.70. The third kappa shape index (κ3) is 5.26. The molecular formula is C28H38N4O2Si. The topological polar surface area (TPSA) is 83.0 Å². The fraction of sp³-hybridized carbons (Fsp3) is 0.464. The van der Waals surface area contributed by atoms with Gasteiger partial charge in [0.1, 0.15) is 5.82 Å². The van der Waals surface area contributed by atoms with Crippen LogP contribution in [-0.4, -0.2) is 29.0 Å². The van der Waals surface area contributed by atoms with Gasteiger partial charge in [-0.3, -0.25) is 4.79 Å². The monoisotopic (exact) mass is 490 g/mol. The summed E-state index contributed by atoms with van der Waals surface area (Å²) in [5, 5.41) is 11.6. The van der Waals surface area contributed by atoms with Gasteiger partial charge in [0, 0.05) is 19.4 Å². The lowest BCUT2D eigenvalue weighted by atomic mass is 9.80. The van der Waals surface area contributed by atoms with Gasteiger partial charge in [-0.1, -0.05) is 81.4 Å². The molecule has 0 unspecified atom stereocenters. The van der Waals surface area contributed by atoms with Crippen molar-refractivity contribution in [3.63, 3.8) is 0 Å². The minimum atomic E-state index is -2.64. The zero-order chi connectivity index (χ0) is 25.1. The number of nitrogens with two attached hydrogens (primary N) is 1. The largest absolute Gasteiger partial charge is 0.400 e. The molecule has 1 aromatic heterocycles. The number of hydrogen-bond donors (Lipinski definition) is 1. The molecule has 1 saturated carbocycles. The number of carbonyl (C=O) groups is 1. The van der Waals surface area contributed by atoms with Gasteiger partial charge in [-0.05, 0) is 47.0 Å². The van der Waals surface area contributed by atoms with Gasteiger partial charge >= 0.3 is 0 Å². The average molecular weight is 491 g/mol. The second-order valence-corrected chi connectivity index (χ2v) is 15.2. The lowest BCUT2D eigenvalue weighted by Crippen LogP contribution is -2.66. The molecule has 2 N–H and O–H groups in total. The highest BCUT2D eigenvalue weighted by Gasteiger charge is 2.50. The van der Waals surface area contributed by atoms with Crippen molar-refractivity contribution in [1.29, 1.82) is 0 Å². The summed E-state index contributed by atoms with van der Waals surface area (Å²) in [4.78, 5) is 11.3. The summed E-state index contributed by atoms with van der Waals surface area (Å²) < 4.78 is 9.18. The summed E-state index contributed by atoms with van der Waals surface area (Å²) in [6, 6.07) is 21.3. The van der Waals surface area contributed by atoms with Gasteiger partial charge in [0.15, 0.2) is 5.82 Å². The molecule has 35 heavy (non-hydrogen) atoms. The van der Waals surface area contributed by atoms with Crippen molar-refractivity contribution in [3.8, 4) is 0 Å². The number of benzene rings is 2. The van der Waals surface area contributed by atoms with E-state index in [4.69, 9.17) is 10.2 Å². The molecule has 7 heteroatoms. The molecular weight excluding hydrogens is 452 g/mol. The van der Waals surface area contributed by atoms with E-state index in [1.807, 2.05) is 0 Å². The Labute approximate surface area is 210 Å². The first-order valence-corrected chi connectivity index (χ1v) is 14.5. The van der Waals surface area contributed by atoms with Gasteiger partial charge < -0.3 is 14.7 Å². The van der Waals surface area contributed by atoms with Crippen LogP contribution in [0.2, 0.25) is 5.04 Å². The summed E-state index contributed by atoms with van der Waals surface area (Å²) in [7, 11) is -0.585. The molecule has 186 valence electrons. The number of nitrogens with zero attached hydrogens (tertiary/aromatic N) is 3. The van der Waals surface area contributed by atoms with Crippen molar-refractivity contribution in [2.75, 3.05) is 0 Å². The highest BCUT2D eigenvalue weighted by molar-refractivity contribution is 6.99. The van der Waals surface area contributed by atoms with Crippen molar-refractivity contribution in [2.24, 2.45) is 18.7 Å². The Balaban J connectivity index is 1.59. The molecule has 0 aliphatic heterocycles. The molecule has 1 aliphatic rings. The molecule has 0 bridgehead atoms. The summed E-state index contributed by atoms with van der Waals surface area (Å²) in [6.45, 7) is 7.26. The van der Waals surface area contributed by atoms with E-state index in [0.29, 0.717) is 24.9 Å². The molecule has 0 spiro atoms. The van der Waals surface area contributed by atoms with Gasteiger partial charge in [-0.15, -0.1) is 10.2 Å². The molecule has 1 amide bonds. The highest BCUT2D eigenvalue weighted by atomic mass is 28.4. The quantitative estimate of drug-likeness (QED) is 0.483. The van der Waals surface area contributed by atoms with Crippen LogP contribution >= 0.6 is 0 Å². The maximum Gasteiger partial charge on any atom is 0.261 e. The van der Waals surface area contributed by atoms with Crippen LogP contribution in [0.5, 0.6) is 0 Å². The Kier molecular flexibility index (Phi) is 7.57. The predicted molar refractivity (Wildman–Crippen MR) is 142 cm³/mol. The molecule has 0 atom stereocenters. The smallest absolute Gasteiger partial charge is 0.261 e. The Morgan fingerprint density at radius 2 is 1.51 bits per heavy atom. The van der Waals surface area contributed by atoms with E-state index in [9.17, 15) is 4.79 Å². The van der Waals surface area contributed by atoms with Crippen LogP contribution in [0.3, 0.4) is 0 Å². The van der Waals surface area contributed by atoms with Gasteiger partial charge in [-0.25, -0.2) is 0 Å². The van der Waals surface area contributed by atoms with E-state index < -0.39 is 8.32 Å². The maximum atomic E-state index is 11.3. The van der Waals surface area contributed by atoms with E-state index >= 15 is 0 Å². The average Bonchev–Trinajstić information content (AvgIpc) is 3.20. The molecule has 6 nitrogen and oxygen atoms in total. The summed E-state index contributed by atoms with van der Waals surface area (Å²) in [5.74, 6) is 2.43. The Morgan fingerprint density at radius 3 is 2.00 bits per heavy atom. The van der Waals surface area contributed by atoms with Crippen LogP contribution in [0, 0.1) is 5.92 Å². The number of primary amides is 1. The molecule has 0 saturated heterocycles. The van der Waals surface area contributed by atoms with E-state index in [-0.39, 0.29) is 10.9 Å². The standard InChI is InChI=1S/C28H38N4O2Si/c1-28(2,3)35(23-11-7-5-8-12-23,24-13-9-6-10-14-24)34-20-26-30-31-27(32(26)4)22-17-15-21(16-18-22)19-25(29)33/h5-14,21-22H,15-20H2,1-4H3,(H2,29,33). The van der Waals surface area contributed by atoms with Crippen molar-refractivity contribution in [2.45, 2.75) is 70.4 Å². The first-order chi connectivity index (χ1) is 16.7. The SMILES string of the molecule is Cn1c(CO[Si](c2ccccc2)(c2ccccc2)C(C)(C)C)nnc1C1CCC(CC(N)=O)CC1. The molecule has 2 aromatic carbocycles. The fourth-order valence-corrected chi connectivity index (χ4v) is 10.2. The van der Waals surface area contributed by atoms with Crippen LogP contribution in [0.4, 0.5) is 0 Å². The predicted octanol–water partition coefficient (Wildman–Crippen LogP) is 4.04. The third-order valence-corrected chi connectivity index (χ3v) is 12.5. The normalized spacial score (nSPS) is 19.0. The lowest BCUT2D eigenvalue weighted by molar-refractivity contribution is -0.119. The molecule has 4 rings (SSSR count). The first kappa shape index (κ1) is 25.3. The Morgan fingerprint density at radius 1 is 0.971 bits per heavy atom. The summed E-state index contributed by atoms with van der Waals surface area (Å²) in [5.41, 5.74) is 5.40. The van der Waals surface area contributed by atoms with E-state index in [1.54, 1.807) is 0 Å². The molecule has 1 aliphatic carbocycles. The Hall–Kier alpha value is -2.77. The van der Waals surface area contributed by atoms with Crippen LogP contribution in [0.1, 0.15) is 70.4 Å². The van der Waals surface area contributed by atoms with E-state index in [2.05, 4.69) is 103 Å². The van der Waals surface area contributed by atoms with Crippen molar-refractivity contribution < 1.29 is 9.22 Å². The number of hydrogen-bond acceptors (Lipinski definition) is 4. The third-order valence-electron chi connectivity index (χ3n) is 7.54. The molecule has 1 heterocycles. The van der Waals surface area contributed by atoms with Gasteiger partial charge in [0.2, 0.25) is 5.91 Å². The minimum absolute atomic E-state index is 0.0874. The summed E-state index contributed by atoms with van der Waals surface area (Å²) >= 11 is 0. The first-order valence-electron chi connectivity index (χ1n) is 12.6. The summed E-state index contributed by atoms with van der Waals surface area (Å²) in [6.07, 6.45) is 4.53. The minimum Gasteiger partial charge on any atom is -0.400 e. The molecule has 3 aromatic rings. The number of rotatable bonds is 8. The molecule has 0 radical (unpaired) electrons. The molecule has 1 fully saturated rings. The van der Waals surface area contributed by atoms with Crippen molar-refractivity contribution in [1.82, 2.24) is 14.8 Å². The zero-order valence-electron chi connectivity index (χ0n) is 21.4. The van der Waals surface area contributed by atoms with Crippen LogP contribution in [0.15, 0.2) is 60.7 Å². The number of amides is 1. The van der Waals surface area contributed by atoms with Gasteiger partial charge in [0.05, 0.1) is 6.61 Å². The van der Waals surface area contributed by atoms with Crippen molar-refractivity contribution in [3.05, 3.63) is 72.3 Å². The highest BCUT2D eigenvalue weighted by Crippen LogP contribution is 2.38. The maximum absolute atomic E-state index is 11.3. The van der Waals surface area contributed by atoms with E-state index in [1.165, 1.54) is 10.4 Å². The second-order valence-electron chi connectivity index (χ2n) is 10.9. The lowest BCUT2D eigenvalue weighted by Gasteiger charge is -2.42. The van der Waals surface area contributed by atoms with Crippen LogP contribution in [-0.2, 0) is 22.9 Å². The Bertz CT molecular complexity index is 1080.